The number of hydrogen-bond donors (Lipinski definition) is 4. The third-order valence-corrected chi connectivity index (χ3v) is 5.28. The normalized spacial score (nSPS) is 13.3. The summed E-state index contributed by atoms with van der Waals surface area (Å²) in [5.74, 6) is -0.284. The quantitative estimate of drug-likeness (QED) is 0.127. The zero-order chi connectivity index (χ0) is 24.1. The second-order valence-corrected chi connectivity index (χ2v) is 7.95. The maximum absolute atomic E-state index is 11.0. The molecule has 0 aliphatic heterocycles. The van der Waals surface area contributed by atoms with Gasteiger partial charge in [-0.25, -0.2) is 4.63 Å². The second-order valence-electron chi connectivity index (χ2n) is 7.95. The highest BCUT2D eigenvalue weighted by molar-refractivity contribution is 5.93. The van der Waals surface area contributed by atoms with Gasteiger partial charge in [0.1, 0.15) is 0 Å². The first kappa shape index (κ1) is 26.2. The third-order valence-electron chi connectivity index (χ3n) is 5.28. The Hall–Kier alpha value is -3.05. The van der Waals surface area contributed by atoms with Gasteiger partial charge in [0.25, 0.3) is 0 Å². The molecular weight excluding hydrogens is 430 g/mol. The summed E-state index contributed by atoms with van der Waals surface area (Å²) in [6.07, 6.45) is 11.1. The molecular formula is C22H33N5O6. The van der Waals surface area contributed by atoms with Crippen LogP contribution in [-0.4, -0.2) is 56.7 Å². The predicted molar refractivity (Wildman–Crippen MR) is 124 cm³/mol. The SMILES string of the molecule is CC(=O)N[C@@H](CO)[C@H](O)/C=C/CCCCCCCCCNc1ccc([N+](=O)[O-])c2nonc12. The molecule has 1 heterocycles. The maximum atomic E-state index is 11.0. The molecule has 0 saturated carbocycles. The lowest BCUT2D eigenvalue weighted by Crippen LogP contribution is -2.44. The smallest absolute Gasteiger partial charge is 0.300 e. The summed E-state index contributed by atoms with van der Waals surface area (Å²) in [5.41, 5.74) is 1.07. The van der Waals surface area contributed by atoms with Crippen LogP contribution in [0.1, 0.15) is 58.3 Å². The van der Waals surface area contributed by atoms with Crippen molar-refractivity contribution < 1.29 is 24.6 Å². The van der Waals surface area contributed by atoms with Gasteiger partial charge in [-0.2, -0.15) is 0 Å². The predicted octanol–water partition coefficient (Wildman–Crippen LogP) is 3.08. The Morgan fingerprint density at radius 3 is 2.48 bits per heavy atom. The molecule has 0 unspecified atom stereocenters. The number of nitrogens with one attached hydrogen (secondary N) is 2. The fourth-order valence-electron chi connectivity index (χ4n) is 3.51. The van der Waals surface area contributed by atoms with Crippen LogP contribution in [0.25, 0.3) is 11.0 Å². The molecule has 0 aliphatic carbocycles. The van der Waals surface area contributed by atoms with Crippen LogP contribution in [0.2, 0.25) is 0 Å². The Labute approximate surface area is 192 Å². The third kappa shape index (κ3) is 8.78. The molecule has 0 bridgehead atoms. The number of benzene rings is 1. The molecule has 11 heteroatoms. The van der Waals surface area contributed by atoms with Crippen LogP contribution < -0.4 is 10.6 Å². The average Bonchev–Trinajstić information content (AvgIpc) is 3.27. The average molecular weight is 464 g/mol. The van der Waals surface area contributed by atoms with Crippen molar-refractivity contribution in [2.24, 2.45) is 0 Å². The van der Waals surface area contributed by atoms with E-state index in [1.54, 1.807) is 12.1 Å². The molecule has 0 radical (unpaired) electrons. The van der Waals surface area contributed by atoms with Crippen LogP contribution in [-0.2, 0) is 4.79 Å². The Kier molecular flexibility index (Phi) is 11.3. The van der Waals surface area contributed by atoms with Crippen LogP contribution in [0.5, 0.6) is 0 Å². The monoisotopic (exact) mass is 463 g/mol. The molecule has 1 amide bonds. The van der Waals surface area contributed by atoms with Gasteiger partial charge in [0, 0.05) is 19.5 Å². The van der Waals surface area contributed by atoms with Crippen molar-refractivity contribution in [2.75, 3.05) is 18.5 Å². The van der Waals surface area contributed by atoms with Crippen LogP contribution in [0.15, 0.2) is 28.9 Å². The zero-order valence-electron chi connectivity index (χ0n) is 18.9. The van der Waals surface area contributed by atoms with Crippen LogP contribution in [0.4, 0.5) is 11.4 Å². The van der Waals surface area contributed by atoms with Crippen LogP contribution >= 0.6 is 0 Å². The number of carbonyl (C=O) groups is 1. The number of non-ortho nitro benzene ring substituents is 1. The summed E-state index contributed by atoms with van der Waals surface area (Å²) in [4.78, 5) is 21.5. The van der Waals surface area contributed by atoms with Crippen molar-refractivity contribution in [1.82, 2.24) is 15.6 Å². The maximum Gasteiger partial charge on any atom is 0.300 e. The Morgan fingerprint density at radius 1 is 1.15 bits per heavy atom. The number of carbonyl (C=O) groups excluding carboxylic acids is 1. The molecule has 0 spiro atoms. The van der Waals surface area contributed by atoms with E-state index < -0.39 is 17.1 Å². The highest BCUT2D eigenvalue weighted by Crippen LogP contribution is 2.28. The number of fused-ring (bicyclic) bond motifs is 1. The van der Waals surface area contributed by atoms with E-state index in [0.29, 0.717) is 11.2 Å². The number of amides is 1. The summed E-state index contributed by atoms with van der Waals surface area (Å²) in [5, 5.41) is 43.3. The number of allylic oxidation sites excluding steroid dienone is 1. The lowest BCUT2D eigenvalue weighted by molar-refractivity contribution is -0.383. The summed E-state index contributed by atoms with van der Waals surface area (Å²) in [6, 6.07) is 2.35. The van der Waals surface area contributed by atoms with E-state index in [0.717, 1.165) is 57.9 Å². The Morgan fingerprint density at radius 2 is 1.82 bits per heavy atom. The van der Waals surface area contributed by atoms with Crippen LogP contribution in [0.3, 0.4) is 0 Å². The van der Waals surface area contributed by atoms with Gasteiger partial charge in [0.2, 0.25) is 11.4 Å². The van der Waals surface area contributed by atoms with Crippen LogP contribution in [0, 0.1) is 10.1 Å². The van der Waals surface area contributed by atoms with E-state index >= 15 is 0 Å². The van der Waals surface area contributed by atoms with E-state index in [-0.39, 0.29) is 23.7 Å². The summed E-state index contributed by atoms with van der Waals surface area (Å²) >= 11 is 0. The summed E-state index contributed by atoms with van der Waals surface area (Å²) < 4.78 is 4.66. The molecule has 4 N–H and O–H groups in total. The number of hydrogen-bond acceptors (Lipinski definition) is 9. The van der Waals surface area contributed by atoms with Crippen molar-refractivity contribution in [3.05, 3.63) is 34.4 Å². The minimum absolute atomic E-state index is 0.122. The van der Waals surface area contributed by atoms with Crippen molar-refractivity contribution in [1.29, 1.82) is 0 Å². The molecule has 0 saturated heterocycles. The van der Waals surface area contributed by atoms with Crippen molar-refractivity contribution in [3.8, 4) is 0 Å². The van der Waals surface area contributed by atoms with Crippen molar-refractivity contribution in [2.45, 2.75) is 70.4 Å². The molecule has 182 valence electrons. The molecule has 0 aliphatic rings. The first-order chi connectivity index (χ1) is 15.9. The number of aliphatic hydroxyl groups is 2. The number of nitro benzene ring substituents is 1. The number of nitrogens with zero attached hydrogens (tertiary/aromatic N) is 3. The molecule has 0 fully saturated rings. The van der Waals surface area contributed by atoms with Gasteiger partial charge >= 0.3 is 5.69 Å². The van der Waals surface area contributed by atoms with Crippen molar-refractivity contribution >= 4 is 28.3 Å². The van der Waals surface area contributed by atoms with E-state index in [1.165, 1.54) is 13.0 Å². The number of nitro groups is 1. The fourth-order valence-corrected chi connectivity index (χ4v) is 3.51. The first-order valence-corrected chi connectivity index (χ1v) is 11.3. The highest BCUT2D eigenvalue weighted by atomic mass is 16.6. The van der Waals surface area contributed by atoms with Gasteiger partial charge in [0.05, 0.1) is 29.4 Å². The zero-order valence-corrected chi connectivity index (χ0v) is 18.9. The number of aromatic nitrogens is 2. The number of anilines is 1. The fraction of sp³-hybridized carbons (Fsp3) is 0.591. The first-order valence-electron chi connectivity index (χ1n) is 11.3. The lowest BCUT2D eigenvalue weighted by atomic mass is 10.1. The van der Waals surface area contributed by atoms with E-state index in [9.17, 15) is 25.1 Å². The second kappa shape index (κ2) is 14.2. The van der Waals surface area contributed by atoms with Gasteiger partial charge in [-0.1, -0.05) is 44.3 Å². The minimum atomic E-state index is -0.893. The standard InChI is InChI=1S/C22H33N5O6/c1-16(29)24-18(15-28)20(30)11-9-7-5-3-2-4-6-8-10-14-23-17-12-13-19(27(31)32)22-21(17)25-33-26-22/h9,11-13,18,20,23,28,30H,2-8,10,14-15H2,1H3,(H,24,29)/b11-9+/t18-,20+/m0/s1. The topological polar surface area (TPSA) is 164 Å². The van der Waals surface area contributed by atoms with Gasteiger partial charge in [-0.05, 0) is 35.6 Å². The van der Waals surface area contributed by atoms with Gasteiger partial charge in [-0.3, -0.25) is 14.9 Å². The number of unbranched alkanes of at least 4 members (excludes halogenated alkanes) is 7. The highest BCUT2D eigenvalue weighted by Gasteiger charge is 2.19. The van der Waals surface area contributed by atoms with Gasteiger partial charge < -0.3 is 20.8 Å². The lowest BCUT2D eigenvalue weighted by Gasteiger charge is -2.18. The molecule has 33 heavy (non-hydrogen) atoms. The van der Waals surface area contributed by atoms with E-state index in [1.807, 2.05) is 6.08 Å². The minimum Gasteiger partial charge on any atom is -0.394 e. The molecule has 2 aromatic rings. The largest absolute Gasteiger partial charge is 0.394 e. The molecule has 2 rings (SSSR count). The Balaban J connectivity index is 1.52. The molecule has 1 aromatic carbocycles. The van der Waals surface area contributed by atoms with E-state index in [4.69, 9.17) is 0 Å². The molecule has 2 atom stereocenters. The number of rotatable bonds is 16. The van der Waals surface area contributed by atoms with E-state index in [2.05, 4.69) is 25.6 Å². The molecule has 11 nitrogen and oxygen atoms in total. The van der Waals surface area contributed by atoms with Crippen molar-refractivity contribution in [3.63, 3.8) is 0 Å². The Bertz CT molecular complexity index is 916. The summed E-state index contributed by atoms with van der Waals surface area (Å²) in [7, 11) is 0. The van der Waals surface area contributed by atoms with Gasteiger partial charge in [-0.15, -0.1) is 0 Å². The van der Waals surface area contributed by atoms with Gasteiger partial charge in [0.15, 0.2) is 5.52 Å². The number of aliphatic hydroxyl groups excluding tert-OH is 2. The summed E-state index contributed by atoms with van der Waals surface area (Å²) in [6.45, 7) is 1.78. The molecule has 1 aromatic heterocycles.